The van der Waals surface area contributed by atoms with Crippen molar-refractivity contribution in [1.29, 1.82) is 5.26 Å². The molecule has 5 nitrogen and oxygen atoms in total. The highest BCUT2D eigenvalue weighted by atomic mass is 16.6. The topological polar surface area (TPSA) is 71.7 Å². The maximum atomic E-state index is 9.57. The van der Waals surface area contributed by atoms with E-state index in [1.165, 1.54) is 14.2 Å². The van der Waals surface area contributed by atoms with Crippen LogP contribution in [0, 0.1) is 16.7 Å². The lowest BCUT2D eigenvalue weighted by Crippen LogP contribution is -2.39. The molecule has 0 radical (unpaired) electrons. The fourth-order valence-electron chi connectivity index (χ4n) is 1.71. The van der Waals surface area contributed by atoms with Crippen molar-refractivity contribution in [3.05, 3.63) is 0 Å². The van der Waals surface area contributed by atoms with Gasteiger partial charge in [0.2, 0.25) is 0 Å². The first kappa shape index (κ1) is 11.4. The molecule has 0 aromatic heterocycles. The van der Waals surface area contributed by atoms with E-state index in [0.717, 1.165) is 0 Å². The van der Waals surface area contributed by atoms with E-state index >= 15 is 0 Å². The summed E-state index contributed by atoms with van der Waals surface area (Å²) in [5.41, 5.74) is -1.03. The Kier molecular flexibility index (Phi) is 3.45. The smallest absolute Gasteiger partial charge is 0.176 e. The highest BCUT2D eigenvalue weighted by molar-refractivity contribution is 5.09. The molecule has 80 valence electrons. The first-order valence-corrected chi connectivity index (χ1v) is 4.36. The number of methoxy groups -OCH3 is 2. The van der Waals surface area contributed by atoms with Gasteiger partial charge in [-0.3, -0.25) is 0 Å². The molecular weight excluding hydrogens is 186 g/mol. The Hall–Kier alpha value is -0.670. The van der Waals surface area contributed by atoms with Crippen molar-refractivity contribution in [2.75, 3.05) is 20.8 Å². The highest BCUT2D eigenvalue weighted by Crippen LogP contribution is 2.38. The number of nitriles is 1. The molecule has 0 unspecified atom stereocenters. The Morgan fingerprint density at radius 2 is 2.21 bits per heavy atom. The van der Waals surface area contributed by atoms with E-state index in [0.29, 0.717) is 6.61 Å². The number of nitrogens with zero attached hydrogens (tertiary/aromatic N) is 1. The van der Waals surface area contributed by atoms with Crippen molar-refractivity contribution in [1.82, 2.24) is 0 Å². The molecule has 4 atom stereocenters. The van der Waals surface area contributed by atoms with Crippen LogP contribution in [0.15, 0.2) is 0 Å². The van der Waals surface area contributed by atoms with Crippen LogP contribution in [-0.2, 0) is 14.2 Å². The zero-order valence-electron chi connectivity index (χ0n) is 8.56. The number of rotatable bonds is 3. The van der Waals surface area contributed by atoms with Crippen LogP contribution < -0.4 is 0 Å². The van der Waals surface area contributed by atoms with Gasteiger partial charge in [0, 0.05) is 14.2 Å². The molecule has 0 aromatic carbocycles. The van der Waals surface area contributed by atoms with E-state index in [-0.39, 0.29) is 0 Å². The summed E-state index contributed by atoms with van der Waals surface area (Å²) in [4.78, 5) is 0. The lowest BCUT2D eigenvalue weighted by atomic mass is 9.85. The number of aliphatic hydroxyl groups is 1. The van der Waals surface area contributed by atoms with Crippen molar-refractivity contribution >= 4 is 0 Å². The van der Waals surface area contributed by atoms with Crippen LogP contribution in [0.2, 0.25) is 0 Å². The Balaban J connectivity index is 2.84. The summed E-state index contributed by atoms with van der Waals surface area (Å²) in [7, 11) is 3.02. The van der Waals surface area contributed by atoms with E-state index in [1.807, 2.05) is 6.07 Å². The van der Waals surface area contributed by atoms with Crippen molar-refractivity contribution in [2.45, 2.75) is 25.4 Å². The molecule has 1 aliphatic rings. The zero-order chi connectivity index (χ0) is 10.8. The predicted molar refractivity (Wildman–Crippen MR) is 47.3 cm³/mol. The Bertz CT molecular complexity index is 239. The molecule has 0 aliphatic carbocycles. The van der Waals surface area contributed by atoms with Crippen LogP contribution in [0.3, 0.4) is 0 Å². The summed E-state index contributed by atoms with van der Waals surface area (Å²) in [6, 6.07) is 2.02. The lowest BCUT2D eigenvalue weighted by molar-refractivity contribution is -0.129. The van der Waals surface area contributed by atoms with E-state index in [4.69, 9.17) is 19.5 Å². The fourth-order valence-corrected chi connectivity index (χ4v) is 1.71. The SMILES string of the molecule is COC[C@H]1O[C@@H](O)[C@](C)(C#N)[C@@H]1OC. The quantitative estimate of drug-likeness (QED) is 0.690. The molecule has 0 aromatic rings. The summed E-state index contributed by atoms with van der Waals surface area (Å²) in [6.07, 6.45) is -2.00. The summed E-state index contributed by atoms with van der Waals surface area (Å²) in [5, 5.41) is 18.5. The van der Waals surface area contributed by atoms with Gasteiger partial charge >= 0.3 is 0 Å². The molecule has 14 heavy (non-hydrogen) atoms. The Morgan fingerprint density at radius 1 is 1.57 bits per heavy atom. The largest absolute Gasteiger partial charge is 0.382 e. The predicted octanol–water partition coefficient (Wildman–Crippen LogP) is -0.105. The third kappa shape index (κ3) is 1.62. The minimum atomic E-state index is -1.13. The maximum Gasteiger partial charge on any atom is 0.176 e. The first-order chi connectivity index (χ1) is 6.60. The molecule has 0 amide bonds. The van der Waals surface area contributed by atoms with Gasteiger partial charge in [-0.05, 0) is 6.92 Å². The van der Waals surface area contributed by atoms with Gasteiger partial charge in [-0.2, -0.15) is 5.26 Å². The third-order valence-corrected chi connectivity index (χ3v) is 2.57. The van der Waals surface area contributed by atoms with E-state index < -0.39 is 23.9 Å². The molecular formula is C9H15NO4. The van der Waals surface area contributed by atoms with Gasteiger partial charge in [0.25, 0.3) is 0 Å². The van der Waals surface area contributed by atoms with Gasteiger partial charge in [-0.25, -0.2) is 0 Å². The minimum Gasteiger partial charge on any atom is -0.382 e. The molecule has 1 N–H and O–H groups in total. The van der Waals surface area contributed by atoms with Crippen LogP contribution in [0.5, 0.6) is 0 Å². The number of ether oxygens (including phenoxy) is 3. The molecule has 1 fully saturated rings. The second-order valence-electron chi connectivity index (χ2n) is 3.53. The van der Waals surface area contributed by atoms with Crippen molar-refractivity contribution in [3.63, 3.8) is 0 Å². The van der Waals surface area contributed by atoms with Crippen molar-refractivity contribution < 1.29 is 19.3 Å². The van der Waals surface area contributed by atoms with E-state index in [9.17, 15) is 5.11 Å². The van der Waals surface area contributed by atoms with E-state index in [2.05, 4.69) is 0 Å². The fraction of sp³-hybridized carbons (Fsp3) is 0.889. The summed E-state index contributed by atoms with van der Waals surface area (Å²) in [5.74, 6) is 0. The molecule has 0 spiro atoms. The normalized spacial score (nSPS) is 42.4. The number of hydrogen-bond acceptors (Lipinski definition) is 5. The van der Waals surface area contributed by atoms with E-state index in [1.54, 1.807) is 6.92 Å². The maximum absolute atomic E-state index is 9.57. The summed E-state index contributed by atoms with van der Waals surface area (Å²) in [6.45, 7) is 1.91. The molecule has 5 heteroatoms. The van der Waals surface area contributed by atoms with Crippen LogP contribution in [0.25, 0.3) is 0 Å². The number of hydrogen-bond donors (Lipinski definition) is 1. The van der Waals surface area contributed by atoms with Crippen LogP contribution in [-0.4, -0.2) is 44.4 Å². The molecule has 1 saturated heterocycles. The monoisotopic (exact) mass is 201 g/mol. The highest BCUT2D eigenvalue weighted by Gasteiger charge is 2.54. The molecule has 0 bridgehead atoms. The first-order valence-electron chi connectivity index (χ1n) is 4.36. The van der Waals surface area contributed by atoms with Gasteiger partial charge < -0.3 is 19.3 Å². The zero-order valence-corrected chi connectivity index (χ0v) is 8.56. The second-order valence-corrected chi connectivity index (χ2v) is 3.53. The van der Waals surface area contributed by atoms with Crippen molar-refractivity contribution in [3.8, 4) is 6.07 Å². The molecule has 1 heterocycles. The lowest BCUT2D eigenvalue weighted by Gasteiger charge is -2.24. The van der Waals surface area contributed by atoms with Crippen LogP contribution in [0.4, 0.5) is 0 Å². The van der Waals surface area contributed by atoms with Crippen LogP contribution >= 0.6 is 0 Å². The molecule has 1 aliphatic heterocycles. The van der Waals surface area contributed by atoms with Gasteiger partial charge in [-0.15, -0.1) is 0 Å². The van der Waals surface area contributed by atoms with Gasteiger partial charge in [-0.1, -0.05) is 0 Å². The standard InChI is InChI=1S/C9H15NO4/c1-9(5-10)7(13-3)6(4-12-2)14-8(9)11/h6-8,11H,4H2,1-3H3/t6-,7-,8-,9-/m1/s1. The Morgan fingerprint density at radius 3 is 2.64 bits per heavy atom. The van der Waals surface area contributed by atoms with Crippen LogP contribution in [0.1, 0.15) is 6.92 Å². The van der Waals surface area contributed by atoms with Gasteiger partial charge in [0.05, 0.1) is 12.7 Å². The minimum absolute atomic E-state index is 0.298. The molecule has 1 rings (SSSR count). The molecule has 0 saturated carbocycles. The Labute approximate surface area is 83.2 Å². The average molecular weight is 201 g/mol. The average Bonchev–Trinajstić information content (AvgIpc) is 2.40. The summed E-state index contributed by atoms with van der Waals surface area (Å²) >= 11 is 0. The summed E-state index contributed by atoms with van der Waals surface area (Å²) < 4.78 is 15.3. The number of aliphatic hydroxyl groups excluding tert-OH is 1. The van der Waals surface area contributed by atoms with Gasteiger partial charge in [0.15, 0.2) is 6.29 Å². The van der Waals surface area contributed by atoms with Crippen molar-refractivity contribution in [2.24, 2.45) is 5.41 Å². The van der Waals surface area contributed by atoms with Gasteiger partial charge in [0.1, 0.15) is 17.6 Å². The third-order valence-electron chi connectivity index (χ3n) is 2.57. The second kappa shape index (κ2) is 4.24.